The highest BCUT2D eigenvalue weighted by Gasteiger charge is 2.22. The van der Waals surface area contributed by atoms with Crippen LogP contribution in [0.1, 0.15) is 30.6 Å². The molecule has 4 nitrogen and oxygen atoms in total. The molecule has 0 aromatic heterocycles. The maximum absolute atomic E-state index is 12.3. The Balaban J connectivity index is 1.93. The fourth-order valence-electron chi connectivity index (χ4n) is 2.79. The Morgan fingerprint density at radius 3 is 2.73 bits per heavy atom. The minimum absolute atomic E-state index is 0.0653. The topological polar surface area (TPSA) is 41.6 Å². The lowest BCUT2D eigenvalue weighted by Gasteiger charge is -2.35. The number of carbonyl (C=O) groups excluding carboxylic acids is 1. The minimum Gasteiger partial charge on any atom is -0.379 e. The van der Waals surface area contributed by atoms with Crippen molar-refractivity contribution in [3.63, 3.8) is 0 Å². The number of nitrogens with one attached hydrogen (secondary N) is 1. The molecule has 122 valence electrons. The molecule has 0 radical (unpaired) electrons. The third-order valence-corrected chi connectivity index (χ3v) is 4.13. The van der Waals surface area contributed by atoms with E-state index in [1.54, 1.807) is 24.3 Å². The quantitative estimate of drug-likeness (QED) is 0.875. The molecule has 1 aromatic carbocycles. The summed E-state index contributed by atoms with van der Waals surface area (Å²) in [4.78, 5) is 14.7. The summed E-state index contributed by atoms with van der Waals surface area (Å²) in [6.07, 6.45) is 1.07. The number of benzene rings is 1. The molecule has 1 aromatic rings. The molecular formula is C17H25ClN2O2. The summed E-state index contributed by atoms with van der Waals surface area (Å²) in [7, 11) is 0. The zero-order chi connectivity index (χ0) is 15.9. The molecular weight excluding hydrogens is 300 g/mol. The van der Waals surface area contributed by atoms with E-state index in [4.69, 9.17) is 16.3 Å². The summed E-state index contributed by atoms with van der Waals surface area (Å²) in [5.41, 5.74) is 0.609. The summed E-state index contributed by atoms with van der Waals surface area (Å²) in [6, 6.07) is 7.40. The van der Waals surface area contributed by atoms with Crippen molar-refractivity contribution in [2.45, 2.75) is 26.3 Å². The van der Waals surface area contributed by atoms with Crippen molar-refractivity contribution < 1.29 is 9.53 Å². The molecule has 1 saturated heterocycles. The number of morpholine rings is 1. The summed E-state index contributed by atoms with van der Waals surface area (Å²) >= 11 is 5.94. The number of ether oxygens (including phenoxy) is 1. The number of halogens is 1. The fraction of sp³-hybridized carbons (Fsp3) is 0.588. The van der Waals surface area contributed by atoms with E-state index in [1.807, 2.05) is 0 Å². The van der Waals surface area contributed by atoms with Crippen LogP contribution in [-0.2, 0) is 4.74 Å². The van der Waals surface area contributed by atoms with Crippen LogP contribution in [0, 0.1) is 5.92 Å². The van der Waals surface area contributed by atoms with Gasteiger partial charge in [-0.05, 0) is 30.5 Å². The first-order valence-electron chi connectivity index (χ1n) is 7.92. The van der Waals surface area contributed by atoms with Gasteiger partial charge in [0.15, 0.2) is 0 Å². The highest BCUT2D eigenvalue weighted by atomic mass is 35.5. The standard InChI is InChI=1S/C17H25ClN2O2/c1-13(2)10-16(20-6-8-22-9-7-20)12-19-17(21)14-4-3-5-15(18)11-14/h3-5,11,13,16H,6-10,12H2,1-2H3,(H,19,21). The van der Waals surface area contributed by atoms with Gasteiger partial charge in [0.2, 0.25) is 0 Å². The van der Waals surface area contributed by atoms with Crippen molar-refractivity contribution in [1.82, 2.24) is 10.2 Å². The zero-order valence-electron chi connectivity index (χ0n) is 13.3. The molecule has 1 amide bonds. The first-order valence-corrected chi connectivity index (χ1v) is 8.29. The largest absolute Gasteiger partial charge is 0.379 e. The molecule has 0 saturated carbocycles. The number of hydrogen-bond donors (Lipinski definition) is 1. The smallest absolute Gasteiger partial charge is 0.251 e. The highest BCUT2D eigenvalue weighted by molar-refractivity contribution is 6.30. The molecule has 0 spiro atoms. The average molecular weight is 325 g/mol. The number of hydrogen-bond acceptors (Lipinski definition) is 3. The van der Waals surface area contributed by atoms with Crippen LogP contribution in [0.15, 0.2) is 24.3 Å². The van der Waals surface area contributed by atoms with Crippen LogP contribution >= 0.6 is 11.6 Å². The second kappa shape index (κ2) is 8.51. The Labute approximate surface area is 137 Å². The molecule has 1 unspecified atom stereocenters. The Morgan fingerprint density at radius 2 is 2.09 bits per heavy atom. The van der Waals surface area contributed by atoms with Gasteiger partial charge in [0, 0.05) is 36.3 Å². The first-order chi connectivity index (χ1) is 10.6. The van der Waals surface area contributed by atoms with Gasteiger partial charge in [-0.15, -0.1) is 0 Å². The van der Waals surface area contributed by atoms with E-state index < -0.39 is 0 Å². The maximum atomic E-state index is 12.3. The monoisotopic (exact) mass is 324 g/mol. The molecule has 1 heterocycles. The van der Waals surface area contributed by atoms with Gasteiger partial charge in [-0.25, -0.2) is 0 Å². The van der Waals surface area contributed by atoms with E-state index in [2.05, 4.69) is 24.1 Å². The van der Waals surface area contributed by atoms with Gasteiger partial charge >= 0.3 is 0 Å². The predicted octanol–water partition coefficient (Wildman–Crippen LogP) is 2.82. The average Bonchev–Trinajstić information content (AvgIpc) is 2.51. The van der Waals surface area contributed by atoms with Gasteiger partial charge in [-0.3, -0.25) is 9.69 Å². The first kappa shape index (κ1) is 17.3. The molecule has 2 rings (SSSR count). The highest BCUT2D eigenvalue weighted by Crippen LogP contribution is 2.14. The lowest BCUT2D eigenvalue weighted by atomic mass is 10.0. The third kappa shape index (κ3) is 5.27. The van der Waals surface area contributed by atoms with E-state index in [0.717, 1.165) is 32.7 Å². The van der Waals surface area contributed by atoms with Gasteiger partial charge < -0.3 is 10.1 Å². The van der Waals surface area contributed by atoms with Crippen LogP contribution in [0.4, 0.5) is 0 Å². The van der Waals surface area contributed by atoms with Gasteiger partial charge in [0.25, 0.3) is 5.91 Å². The molecule has 1 N–H and O–H groups in total. The molecule has 0 aliphatic carbocycles. The van der Waals surface area contributed by atoms with Gasteiger partial charge in [0.1, 0.15) is 0 Å². The molecule has 1 fully saturated rings. The number of nitrogens with zero attached hydrogens (tertiary/aromatic N) is 1. The van der Waals surface area contributed by atoms with Crippen molar-refractivity contribution in [2.75, 3.05) is 32.8 Å². The molecule has 1 aliphatic rings. The Bertz CT molecular complexity index is 487. The fourth-order valence-corrected chi connectivity index (χ4v) is 2.98. The van der Waals surface area contributed by atoms with E-state index in [9.17, 15) is 4.79 Å². The Hall–Kier alpha value is -1.10. The SMILES string of the molecule is CC(C)CC(CNC(=O)c1cccc(Cl)c1)N1CCOCC1. The van der Waals surface area contributed by atoms with E-state index in [1.165, 1.54) is 0 Å². The lowest BCUT2D eigenvalue weighted by Crippen LogP contribution is -2.49. The van der Waals surface area contributed by atoms with Crippen LogP contribution in [0.3, 0.4) is 0 Å². The van der Waals surface area contributed by atoms with Gasteiger partial charge in [0.05, 0.1) is 13.2 Å². The number of carbonyl (C=O) groups is 1. The summed E-state index contributed by atoms with van der Waals surface area (Å²) in [5, 5.41) is 3.63. The molecule has 22 heavy (non-hydrogen) atoms. The summed E-state index contributed by atoms with van der Waals surface area (Å²) in [5.74, 6) is 0.528. The van der Waals surface area contributed by atoms with Gasteiger partial charge in [-0.1, -0.05) is 31.5 Å². The van der Waals surface area contributed by atoms with Crippen LogP contribution < -0.4 is 5.32 Å². The van der Waals surface area contributed by atoms with Gasteiger partial charge in [-0.2, -0.15) is 0 Å². The molecule has 0 bridgehead atoms. The van der Waals surface area contributed by atoms with E-state index in [0.29, 0.717) is 29.1 Å². The summed E-state index contributed by atoms with van der Waals surface area (Å²) < 4.78 is 5.42. The van der Waals surface area contributed by atoms with Crippen molar-refractivity contribution in [1.29, 1.82) is 0 Å². The van der Waals surface area contributed by atoms with Crippen molar-refractivity contribution >= 4 is 17.5 Å². The maximum Gasteiger partial charge on any atom is 0.251 e. The lowest BCUT2D eigenvalue weighted by molar-refractivity contribution is 0.0124. The molecule has 5 heteroatoms. The number of rotatable bonds is 6. The molecule has 1 aliphatic heterocycles. The zero-order valence-corrected chi connectivity index (χ0v) is 14.1. The second-order valence-electron chi connectivity index (χ2n) is 6.15. The normalized spacial score (nSPS) is 17.5. The van der Waals surface area contributed by atoms with Crippen LogP contribution in [0.25, 0.3) is 0 Å². The second-order valence-corrected chi connectivity index (χ2v) is 6.59. The van der Waals surface area contributed by atoms with E-state index >= 15 is 0 Å². The Morgan fingerprint density at radius 1 is 1.36 bits per heavy atom. The number of amides is 1. The van der Waals surface area contributed by atoms with Crippen LogP contribution in [0.2, 0.25) is 5.02 Å². The minimum atomic E-state index is -0.0653. The van der Waals surface area contributed by atoms with Crippen molar-refractivity contribution in [3.8, 4) is 0 Å². The van der Waals surface area contributed by atoms with Crippen molar-refractivity contribution in [2.24, 2.45) is 5.92 Å². The van der Waals surface area contributed by atoms with Crippen LogP contribution in [-0.4, -0.2) is 49.7 Å². The Kier molecular flexibility index (Phi) is 6.68. The summed E-state index contributed by atoms with van der Waals surface area (Å²) in [6.45, 7) is 8.50. The predicted molar refractivity (Wildman–Crippen MR) is 89.4 cm³/mol. The van der Waals surface area contributed by atoms with Crippen LogP contribution in [0.5, 0.6) is 0 Å². The van der Waals surface area contributed by atoms with Crippen molar-refractivity contribution in [3.05, 3.63) is 34.9 Å². The van der Waals surface area contributed by atoms with E-state index in [-0.39, 0.29) is 5.91 Å². The molecule has 1 atom stereocenters. The third-order valence-electron chi connectivity index (χ3n) is 3.89.